The Morgan fingerprint density at radius 1 is 0.593 bits per heavy atom. The van der Waals surface area contributed by atoms with Crippen molar-refractivity contribution in [3.8, 4) is 5.75 Å². The van der Waals surface area contributed by atoms with Crippen LogP contribution in [0.25, 0.3) is 0 Å². The molecule has 0 aromatic heterocycles. The number of phenols is 1. The second kappa shape index (κ2) is 24.0. The van der Waals surface area contributed by atoms with Crippen molar-refractivity contribution in [1.29, 1.82) is 0 Å². The van der Waals surface area contributed by atoms with Crippen LogP contribution in [0.15, 0.2) is 54.6 Å². The molecule has 0 radical (unpaired) electrons. The third kappa shape index (κ3) is 17.5. The zero-order chi connectivity index (χ0) is 44.4. The van der Waals surface area contributed by atoms with E-state index < -0.39 is 108 Å². The predicted octanol–water partition coefficient (Wildman–Crippen LogP) is -1.69. The van der Waals surface area contributed by atoms with Gasteiger partial charge in [-0.2, -0.15) is 0 Å². The van der Waals surface area contributed by atoms with Gasteiger partial charge in [-0.1, -0.05) is 70.2 Å². The van der Waals surface area contributed by atoms with Crippen LogP contribution >= 0.6 is 0 Å². The molecule has 2 rings (SSSR count). The summed E-state index contributed by atoms with van der Waals surface area (Å²) in [6.07, 6.45) is -0.794. The van der Waals surface area contributed by atoms with Crippen molar-refractivity contribution in [2.24, 2.45) is 23.3 Å². The van der Waals surface area contributed by atoms with Crippen LogP contribution in [0.4, 0.5) is 0 Å². The van der Waals surface area contributed by atoms with Crippen molar-refractivity contribution in [2.75, 3.05) is 13.1 Å². The van der Waals surface area contributed by atoms with E-state index in [4.69, 9.17) is 11.5 Å². The van der Waals surface area contributed by atoms with E-state index in [9.17, 15) is 48.6 Å². The van der Waals surface area contributed by atoms with Crippen molar-refractivity contribution in [3.63, 3.8) is 0 Å². The molecule has 0 aliphatic heterocycles. The van der Waals surface area contributed by atoms with Crippen molar-refractivity contribution in [1.82, 2.24) is 37.2 Å². The highest BCUT2D eigenvalue weighted by molar-refractivity contribution is 5.98. The van der Waals surface area contributed by atoms with Crippen LogP contribution in [-0.4, -0.2) is 113 Å². The summed E-state index contributed by atoms with van der Waals surface area (Å²) in [4.78, 5) is 104. The molecular formula is C40H59N9O10. The molecule has 0 saturated carbocycles. The van der Waals surface area contributed by atoms with Gasteiger partial charge in [0.05, 0.1) is 19.0 Å². The van der Waals surface area contributed by atoms with Crippen LogP contribution in [-0.2, 0) is 51.2 Å². The first-order chi connectivity index (χ1) is 27.7. The Bertz CT molecular complexity index is 1760. The molecule has 2 aromatic rings. The van der Waals surface area contributed by atoms with Gasteiger partial charge in [0.1, 0.15) is 36.0 Å². The zero-order valence-corrected chi connectivity index (χ0v) is 34.2. The molecule has 0 fully saturated rings. The number of hydrogen-bond acceptors (Lipinski definition) is 11. The van der Waals surface area contributed by atoms with Crippen molar-refractivity contribution in [2.45, 2.75) is 103 Å². The number of amides is 7. The maximum Gasteiger partial charge on any atom is 0.305 e. The number of benzene rings is 2. The molecule has 59 heavy (non-hydrogen) atoms. The van der Waals surface area contributed by atoms with Gasteiger partial charge in [0, 0.05) is 19.0 Å². The molecule has 0 unspecified atom stereocenters. The molecule has 19 nitrogen and oxygen atoms in total. The summed E-state index contributed by atoms with van der Waals surface area (Å²) in [5, 5.41) is 37.5. The monoisotopic (exact) mass is 825 g/mol. The molecule has 7 atom stereocenters. The second-order valence-corrected chi connectivity index (χ2v) is 15.1. The van der Waals surface area contributed by atoms with Gasteiger partial charge in [0.25, 0.3) is 0 Å². The molecule has 2 aromatic carbocycles. The number of hydrogen-bond donors (Lipinski definition) is 11. The number of carboxylic acids is 1. The van der Waals surface area contributed by atoms with Gasteiger partial charge in [-0.25, -0.2) is 0 Å². The number of rotatable bonds is 24. The van der Waals surface area contributed by atoms with Crippen LogP contribution in [0, 0.1) is 11.8 Å². The average molecular weight is 826 g/mol. The zero-order valence-electron chi connectivity index (χ0n) is 34.2. The molecule has 0 heterocycles. The van der Waals surface area contributed by atoms with Crippen LogP contribution < -0.4 is 48.7 Å². The highest BCUT2D eigenvalue weighted by Gasteiger charge is 2.35. The number of nitrogens with two attached hydrogens (primary N) is 2. The van der Waals surface area contributed by atoms with Crippen molar-refractivity contribution < 1.29 is 48.6 Å². The quantitative estimate of drug-likeness (QED) is 0.0566. The summed E-state index contributed by atoms with van der Waals surface area (Å²) >= 11 is 0. The molecule has 0 spiro atoms. The lowest BCUT2D eigenvalue weighted by Gasteiger charge is -2.29. The van der Waals surface area contributed by atoms with Crippen molar-refractivity contribution >= 4 is 47.3 Å². The minimum atomic E-state index is -1.72. The normalized spacial score (nSPS) is 14.7. The molecular weight excluding hydrogens is 766 g/mol. The Morgan fingerprint density at radius 3 is 1.63 bits per heavy atom. The van der Waals surface area contributed by atoms with Crippen LogP contribution in [0.1, 0.15) is 59.1 Å². The lowest BCUT2D eigenvalue weighted by atomic mass is 9.99. The van der Waals surface area contributed by atoms with Gasteiger partial charge in [0.2, 0.25) is 41.4 Å². The first-order valence-electron chi connectivity index (χ1n) is 19.3. The average Bonchev–Trinajstić information content (AvgIpc) is 3.16. The van der Waals surface area contributed by atoms with Gasteiger partial charge in [-0.05, 0) is 55.4 Å². The summed E-state index contributed by atoms with van der Waals surface area (Å²) < 4.78 is 0. The van der Waals surface area contributed by atoms with Crippen LogP contribution in [0.2, 0.25) is 0 Å². The number of primary amides is 1. The van der Waals surface area contributed by atoms with Crippen LogP contribution in [0.3, 0.4) is 0 Å². The summed E-state index contributed by atoms with van der Waals surface area (Å²) in [5.74, 6) is -7.98. The Labute approximate surface area is 343 Å². The first kappa shape index (κ1) is 49.1. The number of carbonyl (C=O) groups excluding carboxylic acids is 7. The van der Waals surface area contributed by atoms with Gasteiger partial charge in [0.15, 0.2) is 0 Å². The van der Waals surface area contributed by atoms with Crippen molar-refractivity contribution in [3.05, 3.63) is 65.7 Å². The fraction of sp³-hybridized carbons (Fsp3) is 0.500. The topological polar surface area (TPSA) is 313 Å². The van der Waals surface area contributed by atoms with E-state index in [1.54, 1.807) is 77.1 Å². The molecule has 0 bridgehead atoms. The minimum absolute atomic E-state index is 0.0534. The molecule has 0 aliphatic carbocycles. The highest BCUT2D eigenvalue weighted by atomic mass is 16.4. The maximum atomic E-state index is 13.9. The Kier molecular flexibility index (Phi) is 19.9. The fourth-order valence-corrected chi connectivity index (χ4v) is 5.70. The largest absolute Gasteiger partial charge is 0.508 e. The first-order valence-corrected chi connectivity index (χ1v) is 19.3. The maximum absolute atomic E-state index is 13.9. The third-order valence-corrected chi connectivity index (χ3v) is 8.99. The van der Waals surface area contributed by atoms with Crippen LogP contribution in [0.5, 0.6) is 5.75 Å². The number of nitrogens with one attached hydrogen (secondary N) is 7. The molecule has 0 aliphatic rings. The SMILES string of the molecule is CC(C)[C@H](NC(=O)[C@H](CC(=O)O)NC(=O)[C@H](Cc1ccccc1)NC(=O)[C@@H](C)NC(=O)[C@H](Cc1ccc(O)cc1)NC[C@H](C)N)C(=O)N[C@H](C(=O)NCC(N)=O)C(C)C. The summed E-state index contributed by atoms with van der Waals surface area (Å²) in [6, 6.07) is 7.01. The van der Waals surface area contributed by atoms with E-state index in [1.165, 1.54) is 19.1 Å². The number of aromatic hydroxyl groups is 1. The fourth-order valence-electron chi connectivity index (χ4n) is 5.70. The molecule has 7 amide bonds. The van der Waals surface area contributed by atoms with Gasteiger partial charge < -0.3 is 58.9 Å². The number of carbonyl (C=O) groups is 8. The van der Waals surface area contributed by atoms with E-state index in [0.717, 1.165) is 5.56 Å². The Balaban J connectivity index is 2.29. The standard InChI is InChI=1S/C40H59N9O10/c1-21(2)33(39(58)44-20-31(42)51)49-40(59)34(22(3)4)48-38(57)30(18-32(52)53)47-37(56)29(17-25-10-8-7-9-11-25)46-35(54)24(6)45-36(55)28(43-19-23(5)41)16-26-12-14-27(50)15-13-26/h7-15,21-24,28-30,33-34,43,50H,16-20,41H2,1-6H3,(H2,42,51)(H,44,58)(H,45,55)(H,46,54)(H,47,56)(H,48,57)(H,49,59)(H,52,53)/t23-,24+,28-,29-,30-,33-,34-/m0/s1. The van der Waals surface area contributed by atoms with Gasteiger partial charge >= 0.3 is 5.97 Å². The van der Waals surface area contributed by atoms with Gasteiger partial charge in [-0.15, -0.1) is 0 Å². The Hall–Kier alpha value is -6.08. The highest BCUT2D eigenvalue weighted by Crippen LogP contribution is 2.13. The lowest BCUT2D eigenvalue weighted by Crippen LogP contribution is -2.61. The second-order valence-electron chi connectivity index (χ2n) is 15.1. The smallest absolute Gasteiger partial charge is 0.305 e. The molecule has 324 valence electrons. The summed E-state index contributed by atoms with van der Waals surface area (Å²) in [5.41, 5.74) is 12.3. The summed E-state index contributed by atoms with van der Waals surface area (Å²) in [6.45, 7) is 9.47. The molecule has 19 heteroatoms. The third-order valence-electron chi connectivity index (χ3n) is 8.99. The number of phenolic OH excluding ortho intramolecular Hbond substituents is 1. The summed E-state index contributed by atoms with van der Waals surface area (Å²) in [7, 11) is 0. The lowest BCUT2D eigenvalue weighted by molar-refractivity contribution is -0.141. The Morgan fingerprint density at radius 2 is 1.08 bits per heavy atom. The number of aliphatic carboxylic acids is 1. The number of carboxylic acid groups (broad SMARTS) is 1. The predicted molar refractivity (Wildman–Crippen MR) is 217 cm³/mol. The minimum Gasteiger partial charge on any atom is -0.508 e. The van der Waals surface area contributed by atoms with E-state index in [0.29, 0.717) is 5.56 Å². The van der Waals surface area contributed by atoms with E-state index in [1.807, 2.05) is 0 Å². The molecule has 0 saturated heterocycles. The van der Waals surface area contributed by atoms with E-state index >= 15 is 0 Å². The molecule has 13 N–H and O–H groups in total. The van der Waals surface area contributed by atoms with Gasteiger partial charge in [-0.3, -0.25) is 38.4 Å². The van der Waals surface area contributed by atoms with E-state index in [-0.39, 0.29) is 31.2 Å². The van der Waals surface area contributed by atoms with E-state index in [2.05, 4.69) is 37.2 Å².